The zero-order chi connectivity index (χ0) is 13.6. The first-order valence-electron chi connectivity index (χ1n) is 5.36. The van der Waals surface area contributed by atoms with Gasteiger partial charge in [-0.05, 0) is 38.0 Å². The van der Waals surface area contributed by atoms with Gasteiger partial charge in [0, 0.05) is 11.1 Å². The molecule has 0 radical (unpaired) electrons. The van der Waals surface area contributed by atoms with E-state index in [0.717, 1.165) is 12.8 Å². The molecule has 1 aromatic rings. The van der Waals surface area contributed by atoms with Crippen LogP contribution in [0.1, 0.15) is 30.1 Å². The number of benzene rings is 1. The molecule has 7 heteroatoms. The van der Waals surface area contributed by atoms with E-state index in [1.807, 2.05) is 6.92 Å². The normalized spacial score (nSPS) is 17.3. The third kappa shape index (κ3) is 2.82. The smallest absolute Gasteiger partial charge is 0.251 e. The minimum atomic E-state index is -3.93. The molecule has 0 heterocycles. The molecule has 1 aromatic carbocycles. The van der Waals surface area contributed by atoms with Gasteiger partial charge in [-0.15, -0.1) is 0 Å². The lowest BCUT2D eigenvalue weighted by molar-refractivity contribution is 0.0935. The van der Waals surface area contributed by atoms with Crippen molar-refractivity contribution in [3.63, 3.8) is 0 Å². The number of halogens is 1. The molecule has 0 unspecified atom stereocenters. The number of hydrogen-bond donors (Lipinski definition) is 2. The van der Waals surface area contributed by atoms with Crippen LogP contribution in [0.3, 0.4) is 0 Å². The molecule has 1 aliphatic rings. The molecular formula is C11H13ClN2O3S. The van der Waals surface area contributed by atoms with Gasteiger partial charge < -0.3 is 5.32 Å². The number of carbonyl (C=O) groups is 1. The third-order valence-corrected chi connectivity index (χ3v) is 4.31. The molecule has 98 valence electrons. The van der Waals surface area contributed by atoms with Gasteiger partial charge in [-0.1, -0.05) is 11.6 Å². The highest BCUT2D eigenvalue weighted by molar-refractivity contribution is 7.89. The lowest BCUT2D eigenvalue weighted by Crippen LogP contribution is -2.34. The number of carbonyl (C=O) groups excluding carboxylic acids is 1. The summed E-state index contributed by atoms with van der Waals surface area (Å²) in [6, 6.07) is 4.02. The molecule has 1 aliphatic carbocycles. The molecule has 18 heavy (non-hydrogen) atoms. The predicted octanol–water partition coefficient (Wildman–Crippen LogP) is 1.27. The van der Waals surface area contributed by atoms with E-state index in [2.05, 4.69) is 5.32 Å². The molecule has 0 aliphatic heterocycles. The third-order valence-electron chi connectivity index (χ3n) is 2.92. The maximum atomic E-state index is 11.9. The van der Waals surface area contributed by atoms with Gasteiger partial charge in [-0.3, -0.25) is 4.79 Å². The maximum absolute atomic E-state index is 11.9. The number of amides is 1. The number of rotatable bonds is 3. The first-order chi connectivity index (χ1) is 8.21. The number of hydrogen-bond acceptors (Lipinski definition) is 3. The highest BCUT2D eigenvalue weighted by Gasteiger charge is 2.38. The Bertz CT molecular complexity index is 609. The standard InChI is InChI=1S/C11H13ClN2O3S/c1-11(4-5-11)14-10(15)7-2-3-8(12)9(6-7)18(13,16)17/h2-3,6H,4-5H2,1H3,(H,14,15)(H2,13,16,17). The molecule has 0 bridgehead atoms. The molecule has 1 amide bonds. The Labute approximate surface area is 110 Å². The van der Waals surface area contributed by atoms with Crippen molar-refractivity contribution in [3.8, 4) is 0 Å². The average molecular weight is 289 g/mol. The lowest BCUT2D eigenvalue weighted by Gasteiger charge is -2.12. The van der Waals surface area contributed by atoms with Crippen molar-refractivity contribution in [2.24, 2.45) is 5.14 Å². The van der Waals surface area contributed by atoms with Crippen LogP contribution in [0, 0.1) is 0 Å². The fourth-order valence-electron chi connectivity index (χ4n) is 1.52. The maximum Gasteiger partial charge on any atom is 0.251 e. The summed E-state index contributed by atoms with van der Waals surface area (Å²) in [5, 5.41) is 7.86. The van der Waals surface area contributed by atoms with Crippen molar-refractivity contribution in [2.75, 3.05) is 0 Å². The Hall–Kier alpha value is -1.11. The summed E-state index contributed by atoms with van der Waals surface area (Å²) in [7, 11) is -3.93. The number of nitrogens with one attached hydrogen (secondary N) is 1. The van der Waals surface area contributed by atoms with Crippen LogP contribution in [0.2, 0.25) is 5.02 Å². The topological polar surface area (TPSA) is 89.3 Å². The van der Waals surface area contributed by atoms with Gasteiger partial charge in [0.25, 0.3) is 5.91 Å². The van der Waals surface area contributed by atoms with Crippen LogP contribution in [-0.4, -0.2) is 19.9 Å². The second kappa shape index (κ2) is 4.22. The summed E-state index contributed by atoms with van der Waals surface area (Å²) in [5.41, 5.74) is 0.0647. The Balaban J connectivity index is 2.32. The van der Waals surface area contributed by atoms with Crippen LogP contribution < -0.4 is 10.5 Å². The predicted molar refractivity (Wildman–Crippen MR) is 67.9 cm³/mol. The van der Waals surface area contributed by atoms with Gasteiger partial charge in [0.15, 0.2) is 0 Å². The summed E-state index contributed by atoms with van der Waals surface area (Å²) < 4.78 is 22.6. The fourth-order valence-corrected chi connectivity index (χ4v) is 2.59. The zero-order valence-corrected chi connectivity index (χ0v) is 11.3. The highest BCUT2D eigenvalue weighted by atomic mass is 35.5. The minimum Gasteiger partial charge on any atom is -0.347 e. The van der Waals surface area contributed by atoms with E-state index in [0.29, 0.717) is 0 Å². The number of primary sulfonamides is 1. The molecule has 1 fully saturated rings. The Kier molecular flexibility index (Phi) is 3.12. The summed E-state index contributed by atoms with van der Waals surface area (Å²) >= 11 is 5.74. The molecule has 0 saturated heterocycles. The average Bonchev–Trinajstić information content (AvgIpc) is 2.94. The fraction of sp³-hybridized carbons (Fsp3) is 0.364. The van der Waals surface area contributed by atoms with Crippen LogP contribution in [0.4, 0.5) is 0 Å². The van der Waals surface area contributed by atoms with Crippen molar-refractivity contribution >= 4 is 27.5 Å². The van der Waals surface area contributed by atoms with Crippen molar-refractivity contribution in [1.82, 2.24) is 5.32 Å². The largest absolute Gasteiger partial charge is 0.347 e. The van der Waals surface area contributed by atoms with E-state index >= 15 is 0 Å². The van der Waals surface area contributed by atoms with E-state index in [4.69, 9.17) is 16.7 Å². The van der Waals surface area contributed by atoms with Crippen LogP contribution in [-0.2, 0) is 10.0 Å². The Morgan fingerprint density at radius 3 is 2.56 bits per heavy atom. The second-order valence-corrected chi connectivity index (χ2v) is 6.64. The molecule has 0 atom stereocenters. The molecule has 1 saturated carbocycles. The molecular weight excluding hydrogens is 276 g/mol. The SMILES string of the molecule is CC1(NC(=O)c2ccc(Cl)c(S(N)(=O)=O)c2)CC1. The van der Waals surface area contributed by atoms with Gasteiger partial charge in [-0.25, -0.2) is 13.6 Å². The van der Waals surface area contributed by atoms with Gasteiger partial charge in [0.1, 0.15) is 4.90 Å². The quantitative estimate of drug-likeness (QED) is 0.878. The number of sulfonamides is 1. The second-order valence-electron chi connectivity index (χ2n) is 4.70. The summed E-state index contributed by atoms with van der Waals surface area (Å²) in [4.78, 5) is 11.7. The summed E-state index contributed by atoms with van der Waals surface area (Å²) in [6.07, 6.45) is 1.85. The van der Waals surface area contributed by atoms with E-state index < -0.39 is 10.0 Å². The molecule has 0 spiro atoms. The zero-order valence-electron chi connectivity index (χ0n) is 9.73. The van der Waals surface area contributed by atoms with Crippen LogP contribution in [0.5, 0.6) is 0 Å². The van der Waals surface area contributed by atoms with Gasteiger partial charge in [-0.2, -0.15) is 0 Å². The molecule has 3 N–H and O–H groups in total. The lowest BCUT2D eigenvalue weighted by atomic mass is 10.2. The summed E-state index contributed by atoms with van der Waals surface area (Å²) in [6.45, 7) is 1.93. The van der Waals surface area contributed by atoms with E-state index in [9.17, 15) is 13.2 Å². The van der Waals surface area contributed by atoms with Crippen LogP contribution in [0.25, 0.3) is 0 Å². The van der Waals surface area contributed by atoms with Crippen molar-refractivity contribution in [1.29, 1.82) is 0 Å². The van der Waals surface area contributed by atoms with Gasteiger partial charge >= 0.3 is 0 Å². The highest BCUT2D eigenvalue weighted by Crippen LogP contribution is 2.34. The van der Waals surface area contributed by atoms with E-state index in [1.54, 1.807) is 0 Å². The van der Waals surface area contributed by atoms with Crippen LogP contribution >= 0.6 is 11.6 Å². The summed E-state index contributed by atoms with van der Waals surface area (Å²) in [5.74, 6) is -0.323. The monoisotopic (exact) mass is 288 g/mol. The van der Waals surface area contributed by atoms with E-state index in [1.165, 1.54) is 18.2 Å². The van der Waals surface area contributed by atoms with Gasteiger partial charge in [0.2, 0.25) is 10.0 Å². The van der Waals surface area contributed by atoms with E-state index in [-0.39, 0.29) is 26.9 Å². The molecule has 0 aromatic heterocycles. The molecule has 5 nitrogen and oxygen atoms in total. The van der Waals surface area contributed by atoms with Crippen molar-refractivity contribution < 1.29 is 13.2 Å². The Morgan fingerprint density at radius 2 is 2.06 bits per heavy atom. The van der Waals surface area contributed by atoms with Gasteiger partial charge in [0.05, 0.1) is 5.02 Å². The van der Waals surface area contributed by atoms with Crippen molar-refractivity contribution in [2.45, 2.75) is 30.2 Å². The van der Waals surface area contributed by atoms with Crippen molar-refractivity contribution in [3.05, 3.63) is 28.8 Å². The minimum absolute atomic E-state index is 0.00619. The first kappa shape index (κ1) is 13.3. The molecule has 2 rings (SSSR count). The van der Waals surface area contributed by atoms with Crippen LogP contribution in [0.15, 0.2) is 23.1 Å². The number of nitrogens with two attached hydrogens (primary N) is 1. The Morgan fingerprint density at radius 1 is 1.44 bits per heavy atom. The first-order valence-corrected chi connectivity index (χ1v) is 7.29.